The van der Waals surface area contributed by atoms with Gasteiger partial charge in [0.05, 0.1) is 6.04 Å². The molecule has 0 heterocycles. The predicted octanol–water partition coefficient (Wildman–Crippen LogP) is 1.21. The van der Waals surface area contributed by atoms with Crippen LogP contribution in [0.4, 0.5) is 0 Å². The van der Waals surface area contributed by atoms with Crippen molar-refractivity contribution in [3.05, 3.63) is 0 Å². The molecule has 1 atom stereocenters. The molecule has 1 unspecified atom stereocenters. The number of likely N-dealkylation sites (N-methyl/N-ethyl adjacent to an activating group) is 1. The number of hydrogen-bond acceptors (Lipinski definition) is 2. The molecule has 2 heteroatoms. The third-order valence-corrected chi connectivity index (χ3v) is 1.51. The van der Waals surface area contributed by atoms with Crippen LogP contribution in [0.3, 0.4) is 0 Å². The Balaban J connectivity index is 3.71. The average Bonchev–Trinajstić information content (AvgIpc) is 1.87. The van der Waals surface area contributed by atoms with Crippen LogP contribution in [0.25, 0.3) is 0 Å². The lowest BCUT2D eigenvalue weighted by atomic mass is 10.0. The van der Waals surface area contributed by atoms with Crippen LogP contribution in [0.2, 0.25) is 0 Å². The van der Waals surface area contributed by atoms with Gasteiger partial charge in [-0.05, 0) is 13.5 Å². The number of ketones is 1. The molecular weight excluding hydrogens is 126 g/mol. The van der Waals surface area contributed by atoms with Gasteiger partial charge in [-0.25, -0.2) is 0 Å². The minimum Gasteiger partial charge on any atom is -0.308 e. The summed E-state index contributed by atoms with van der Waals surface area (Å²) < 4.78 is 0. The van der Waals surface area contributed by atoms with Crippen LogP contribution in [0.1, 0.15) is 27.7 Å². The molecule has 0 rings (SSSR count). The first-order chi connectivity index (χ1) is 4.59. The lowest BCUT2D eigenvalue weighted by molar-refractivity contribution is -0.123. The van der Waals surface area contributed by atoms with E-state index < -0.39 is 0 Å². The van der Waals surface area contributed by atoms with Crippen molar-refractivity contribution in [3.8, 4) is 0 Å². The van der Waals surface area contributed by atoms with E-state index in [-0.39, 0.29) is 12.0 Å². The van der Waals surface area contributed by atoms with Crippen molar-refractivity contribution >= 4 is 5.78 Å². The van der Waals surface area contributed by atoms with E-state index in [0.29, 0.717) is 5.78 Å². The van der Waals surface area contributed by atoms with Gasteiger partial charge in [-0.1, -0.05) is 20.8 Å². The minimum atomic E-state index is 0.0185. The fourth-order valence-corrected chi connectivity index (χ4v) is 0.907. The maximum atomic E-state index is 11.2. The highest BCUT2D eigenvalue weighted by atomic mass is 16.1. The molecule has 2 nitrogen and oxygen atoms in total. The van der Waals surface area contributed by atoms with Gasteiger partial charge < -0.3 is 5.32 Å². The Morgan fingerprint density at radius 1 is 1.40 bits per heavy atom. The fraction of sp³-hybridized carbons (Fsp3) is 0.875. The maximum Gasteiger partial charge on any atom is 0.151 e. The van der Waals surface area contributed by atoms with Crippen LogP contribution < -0.4 is 5.32 Å². The van der Waals surface area contributed by atoms with Crippen LogP contribution in [0.15, 0.2) is 0 Å². The lowest BCUT2D eigenvalue weighted by Gasteiger charge is -2.12. The standard InChI is InChI=1S/C8H17NO/c1-5-9-7(4)8(10)6(2)3/h6-7,9H,5H2,1-4H3. The van der Waals surface area contributed by atoms with Crippen LogP contribution in [-0.4, -0.2) is 18.4 Å². The molecule has 60 valence electrons. The first-order valence-corrected chi connectivity index (χ1v) is 3.86. The first kappa shape index (κ1) is 9.63. The fourth-order valence-electron chi connectivity index (χ4n) is 0.907. The molecule has 0 aromatic rings. The number of carbonyl (C=O) groups is 1. The second-order valence-corrected chi connectivity index (χ2v) is 2.84. The normalized spacial score (nSPS) is 13.7. The van der Waals surface area contributed by atoms with Crippen LogP contribution >= 0.6 is 0 Å². The van der Waals surface area contributed by atoms with Gasteiger partial charge in [0.2, 0.25) is 0 Å². The van der Waals surface area contributed by atoms with Crippen LogP contribution in [-0.2, 0) is 4.79 Å². The zero-order valence-corrected chi connectivity index (χ0v) is 7.27. The average molecular weight is 143 g/mol. The molecule has 0 aliphatic rings. The Morgan fingerprint density at radius 2 is 1.90 bits per heavy atom. The van der Waals surface area contributed by atoms with Gasteiger partial charge in [-0.2, -0.15) is 0 Å². The number of rotatable bonds is 4. The van der Waals surface area contributed by atoms with E-state index in [0.717, 1.165) is 6.54 Å². The Morgan fingerprint density at radius 3 is 2.20 bits per heavy atom. The van der Waals surface area contributed by atoms with Gasteiger partial charge in [0, 0.05) is 5.92 Å². The number of nitrogens with one attached hydrogen (secondary N) is 1. The van der Waals surface area contributed by atoms with Crippen molar-refractivity contribution in [1.29, 1.82) is 0 Å². The monoisotopic (exact) mass is 143 g/mol. The molecule has 0 radical (unpaired) electrons. The summed E-state index contributed by atoms with van der Waals surface area (Å²) in [7, 11) is 0. The van der Waals surface area contributed by atoms with E-state index in [1.165, 1.54) is 0 Å². The molecule has 0 aromatic carbocycles. The van der Waals surface area contributed by atoms with E-state index >= 15 is 0 Å². The summed E-state index contributed by atoms with van der Waals surface area (Å²) >= 11 is 0. The van der Waals surface area contributed by atoms with Crippen molar-refractivity contribution < 1.29 is 4.79 Å². The molecule has 1 N–H and O–H groups in total. The van der Waals surface area contributed by atoms with Crippen molar-refractivity contribution in [2.75, 3.05) is 6.54 Å². The molecule has 10 heavy (non-hydrogen) atoms. The van der Waals surface area contributed by atoms with Crippen LogP contribution in [0.5, 0.6) is 0 Å². The number of carbonyl (C=O) groups excluding carboxylic acids is 1. The molecular formula is C8H17NO. The molecule has 0 saturated heterocycles. The summed E-state index contributed by atoms with van der Waals surface area (Å²) in [5.41, 5.74) is 0. The highest BCUT2D eigenvalue weighted by Gasteiger charge is 2.13. The zero-order valence-electron chi connectivity index (χ0n) is 7.27. The lowest BCUT2D eigenvalue weighted by Crippen LogP contribution is -2.36. The van der Waals surface area contributed by atoms with Gasteiger partial charge in [0.15, 0.2) is 5.78 Å². The van der Waals surface area contributed by atoms with Gasteiger partial charge >= 0.3 is 0 Å². The largest absolute Gasteiger partial charge is 0.308 e. The van der Waals surface area contributed by atoms with E-state index in [9.17, 15) is 4.79 Å². The predicted molar refractivity (Wildman–Crippen MR) is 43.0 cm³/mol. The SMILES string of the molecule is CCNC(C)C(=O)C(C)C. The number of hydrogen-bond donors (Lipinski definition) is 1. The zero-order chi connectivity index (χ0) is 8.15. The maximum absolute atomic E-state index is 11.2. The van der Waals surface area contributed by atoms with Gasteiger partial charge in [-0.15, -0.1) is 0 Å². The topological polar surface area (TPSA) is 29.1 Å². The van der Waals surface area contributed by atoms with E-state index in [1.54, 1.807) is 0 Å². The molecule has 0 amide bonds. The molecule has 0 bridgehead atoms. The smallest absolute Gasteiger partial charge is 0.151 e. The van der Waals surface area contributed by atoms with Gasteiger partial charge in [-0.3, -0.25) is 4.79 Å². The van der Waals surface area contributed by atoms with Gasteiger partial charge in [0.25, 0.3) is 0 Å². The Bertz CT molecular complexity index is 110. The third kappa shape index (κ3) is 2.97. The van der Waals surface area contributed by atoms with E-state index in [4.69, 9.17) is 0 Å². The Hall–Kier alpha value is -0.370. The van der Waals surface area contributed by atoms with Gasteiger partial charge in [0.1, 0.15) is 0 Å². The summed E-state index contributed by atoms with van der Waals surface area (Å²) in [6, 6.07) is 0.0185. The number of Topliss-reactive ketones (excluding diaryl/α,β-unsaturated/α-hetero) is 1. The second kappa shape index (κ2) is 4.45. The van der Waals surface area contributed by atoms with Crippen molar-refractivity contribution in [2.24, 2.45) is 5.92 Å². The minimum absolute atomic E-state index is 0.0185. The summed E-state index contributed by atoms with van der Waals surface area (Å²) in [6.45, 7) is 8.63. The molecule has 0 aliphatic carbocycles. The summed E-state index contributed by atoms with van der Waals surface area (Å²) in [6.07, 6.45) is 0. The van der Waals surface area contributed by atoms with Crippen molar-refractivity contribution in [2.45, 2.75) is 33.7 Å². The first-order valence-electron chi connectivity index (χ1n) is 3.86. The van der Waals surface area contributed by atoms with Crippen LogP contribution in [0, 0.1) is 5.92 Å². The Labute approximate surface area is 63.0 Å². The quantitative estimate of drug-likeness (QED) is 0.641. The molecule has 0 aromatic heterocycles. The second-order valence-electron chi connectivity index (χ2n) is 2.84. The molecule has 0 fully saturated rings. The molecule has 0 spiro atoms. The summed E-state index contributed by atoms with van der Waals surface area (Å²) in [4.78, 5) is 11.2. The van der Waals surface area contributed by atoms with E-state index in [1.807, 2.05) is 27.7 Å². The summed E-state index contributed by atoms with van der Waals surface area (Å²) in [5.74, 6) is 0.441. The molecule has 0 aliphatic heterocycles. The highest BCUT2D eigenvalue weighted by Crippen LogP contribution is 1.98. The highest BCUT2D eigenvalue weighted by molar-refractivity contribution is 5.85. The summed E-state index contributed by atoms with van der Waals surface area (Å²) in [5, 5.41) is 3.08. The van der Waals surface area contributed by atoms with Crippen molar-refractivity contribution in [3.63, 3.8) is 0 Å². The Kier molecular flexibility index (Phi) is 4.28. The third-order valence-electron chi connectivity index (χ3n) is 1.51. The van der Waals surface area contributed by atoms with Crippen molar-refractivity contribution in [1.82, 2.24) is 5.32 Å². The molecule has 0 saturated carbocycles. The van der Waals surface area contributed by atoms with E-state index in [2.05, 4.69) is 5.32 Å².